The Morgan fingerprint density at radius 3 is 2.19 bits per heavy atom. The van der Waals surface area contributed by atoms with Crippen LogP contribution in [-0.4, -0.2) is 38.6 Å². The van der Waals surface area contributed by atoms with Crippen LogP contribution in [0.1, 0.15) is 24.0 Å². The number of likely N-dealkylation sites (tertiary alicyclic amines) is 1. The molecule has 1 amide bonds. The van der Waals surface area contributed by atoms with Crippen molar-refractivity contribution in [1.29, 1.82) is 0 Å². The predicted molar refractivity (Wildman–Crippen MR) is 104 cm³/mol. The summed E-state index contributed by atoms with van der Waals surface area (Å²) in [7, 11) is 2.08. The van der Waals surface area contributed by atoms with E-state index in [4.69, 9.17) is 0 Å². The van der Waals surface area contributed by atoms with Crippen molar-refractivity contribution in [2.24, 2.45) is 0 Å². The Hall–Kier alpha value is -2.17. The van der Waals surface area contributed by atoms with Crippen molar-refractivity contribution in [2.45, 2.75) is 32.0 Å². The van der Waals surface area contributed by atoms with Gasteiger partial charge in [0.15, 0.2) is 6.54 Å². The summed E-state index contributed by atoms with van der Waals surface area (Å²) in [6, 6.07) is 21.4. The molecule has 3 N–H and O–H groups in total. The first-order valence-corrected chi connectivity index (χ1v) is 9.71. The Morgan fingerprint density at radius 1 is 1.00 bits per heavy atom. The molecule has 0 aliphatic carbocycles. The molecule has 1 saturated heterocycles. The quantitative estimate of drug-likeness (QED) is 0.647. The summed E-state index contributed by atoms with van der Waals surface area (Å²) in [5, 5.41) is 3.25. The number of hydrogen-bond donors (Lipinski definition) is 3. The molecule has 0 bridgehead atoms. The molecule has 2 aromatic rings. The molecule has 138 valence electrons. The molecule has 1 heterocycles. The van der Waals surface area contributed by atoms with Gasteiger partial charge in [-0.2, -0.15) is 0 Å². The third-order valence-corrected chi connectivity index (χ3v) is 5.17. The molecule has 1 aliphatic heterocycles. The van der Waals surface area contributed by atoms with Crippen LogP contribution >= 0.6 is 0 Å². The molecule has 0 spiro atoms. The third kappa shape index (κ3) is 5.97. The number of carbonyl (C=O) groups is 1. The zero-order valence-corrected chi connectivity index (χ0v) is 15.7. The van der Waals surface area contributed by atoms with Gasteiger partial charge >= 0.3 is 0 Å². The largest absolute Gasteiger partial charge is 0.348 e. The minimum absolute atomic E-state index is 0.176. The molecule has 1 unspecified atom stereocenters. The molecule has 1 aliphatic rings. The topological polar surface area (TPSA) is 38.0 Å². The van der Waals surface area contributed by atoms with Gasteiger partial charge in [-0.3, -0.25) is 4.79 Å². The Balaban J connectivity index is 1.36. The number of likely N-dealkylation sites (N-methyl/N-ethyl adjacent to an activating group) is 1. The Morgan fingerprint density at radius 2 is 1.58 bits per heavy atom. The van der Waals surface area contributed by atoms with Crippen LogP contribution in [0.3, 0.4) is 0 Å². The van der Waals surface area contributed by atoms with Crippen molar-refractivity contribution in [2.75, 3.05) is 26.7 Å². The highest BCUT2D eigenvalue weighted by atomic mass is 16.2. The van der Waals surface area contributed by atoms with Crippen molar-refractivity contribution in [3.05, 3.63) is 71.8 Å². The van der Waals surface area contributed by atoms with E-state index in [-0.39, 0.29) is 5.91 Å². The van der Waals surface area contributed by atoms with Crippen LogP contribution in [0.2, 0.25) is 0 Å². The average Bonchev–Trinajstić information content (AvgIpc) is 2.65. The highest BCUT2D eigenvalue weighted by molar-refractivity contribution is 5.77. The maximum absolute atomic E-state index is 12.3. The Kier molecular flexibility index (Phi) is 6.81. The summed E-state index contributed by atoms with van der Waals surface area (Å²) in [6.45, 7) is 4.77. The fourth-order valence-electron chi connectivity index (χ4n) is 3.79. The summed E-state index contributed by atoms with van der Waals surface area (Å²) in [6.07, 6.45) is 2.15. The molecule has 26 heavy (non-hydrogen) atoms. The lowest BCUT2D eigenvalue weighted by molar-refractivity contribution is -0.918. The maximum Gasteiger partial charge on any atom is 0.275 e. The summed E-state index contributed by atoms with van der Waals surface area (Å²) in [5.74, 6) is 0.176. The molecule has 0 saturated carbocycles. The second kappa shape index (κ2) is 9.51. The third-order valence-electron chi connectivity index (χ3n) is 5.17. The number of rotatable bonds is 7. The Labute approximate surface area is 156 Å². The Bertz CT molecular complexity index is 666. The van der Waals surface area contributed by atoms with E-state index >= 15 is 0 Å². The molecule has 4 heteroatoms. The number of piperidine rings is 1. The molecular weight excluding hydrogens is 322 g/mol. The van der Waals surface area contributed by atoms with Crippen molar-refractivity contribution in [1.82, 2.24) is 5.32 Å². The molecule has 0 radical (unpaired) electrons. The van der Waals surface area contributed by atoms with E-state index < -0.39 is 0 Å². The average molecular weight is 354 g/mol. The van der Waals surface area contributed by atoms with Gasteiger partial charge in [-0.1, -0.05) is 60.7 Å². The zero-order valence-electron chi connectivity index (χ0n) is 15.7. The van der Waals surface area contributed by atoms with E-state index in [2.05, 4.69) is 54.8 Å². The van der Waals surface area contributed by atoms with Crippen molar-refractivity contribution >= 4 is 5.91 Å². The first kappa shape index (κ1) is 18.6. The second-order valence-corrected chi connectivity index (χ2v) is 7.55. The first-order valence-electron chi connectivity index (χ1n) is 9.71. The van der Waals surface area contributed by atoms with E-state index in [9.17, 15) is 4.79 Å². The van der Waals surface area contributed by atoms with Gasteiger partial charge in [0.2, 0.25) is 0 Å². The number of amides is 1. The molecule has 0 aromatic heterocycles. The number of nitrogens with one attached hydrogen (secondary N) is 3. The van der Waals surface area contributed by atoms with Crippen LogP contribution in [0.4, 0.5) is 0 Å². The number of benzene rings is 2. The van der Waals surface area contributed by atoms with Gasteiger partial charge in [0.1, 0.15) is 13.1 Å². The summed E-state index contributed by atoms with van der Waals surface area (Å²) < 4.78 is 0. The van der Waals surface area contributed by atoms with E-state index in [1.807, 2.05) is 18.2 Å². The number of hydrogen-bond acceptors (Lipinski definition) is 1. The predicted octanol–water partition coefficient (Wildman–Crippen LogP) is 0.0650. The smallest absolute Gasteiger partial charge is 0.275 e. The lowest BCUT2D eigenvalue weighted by Gasteiger charge is -2.30. The zero-order chi connectivity index (χ0) is 18.2. The van der Waals surface area contributed by atoms with Crippen LogP contribution in [0.15, 0.2) is 60.7 Å². The molecule has 4 nitrogen and oxygen atoms in total. The summed E-state index contributed by atoms with van der Waals surface area (Å²) in [4.78, 5) is 15.2. The van der Waals surface area contributed by atoms with Gasteiger partial charge in [-0.15, -0.1) is 0 Å². The standard InChI is InChI=1S/C22H29N3O/c1-24(16-19-8-4-2-5-9-19)18-22(26)23-21-12-14-25(15-13-21)17-20-10-6-3-7-11-20/h2-11,21H,12-18H2,1H3,(H,23,26)/p+2. The number of quaternary nitrogens is 2. The number of carbonyl (C=O) groups excluding carboxylic acids is 1. The summed E-state index contributed by atoms with van der Waals surface area (Å²) >= 11 is 0. The second-order valence-electron chi connectivity index (χ2n) is 7.55. The minimum atomic E-state index is 0.176. The highest BCUT2D eigenvalue weighted by Gasteiger charge is 2.24. The van der Waals surface area contributed by atoms with Gasteiger partial charge in [-0.25, -0.2) is 0 Å². The van der Waals surface area contributed by atoms with E-state index in [0.29, 0.717) is 12.6 Å². The van der Waals surface area contributed by atoms with Gasteiger partial charge < -0.3 is 15.1 Å². The highest BCUT2D eigenvalue weighted by Crippen LogP contribution is 2.01. The lowest BCUT2D eigenvalue weighted by atomic mass is 10.0. The molecule has 1 atom stereocenters. The minimum Gasteiger partial charge on any atom is -0.348 e. The van der Waals surface area contributed by atoms with Crippen LogP contribution in [0, 0.1) is 0 Å². The van der Waals surface area contributed by atoms with E-state index in [0.717, 1.165) is 39.0 Å². The van der Waals surface area contributed by atoms with Gasteiger partial charge in [-0.05, 0) is 0 Å². The van der Waals surface area contributed by atoms with Gasteiger partial charge in [0, 0.05) is 30.0 Å². The van der Waals surface area contributed by atoms with Crippen molar-refractivity contribution in [3.63, 3.8) is 0 Å². The van der Waals surface area contributed by atoms with Gasteiger partial charge in [0.25, 0.3) is 5.91 Å². The van der Waals surface area contributed by atoms with Crippen LogP contribution in [0.5, 0.6) is 0 Å². The fraction of sp³-hybridized carbons (Fsp3) is 0.409. The van der Waals surface area contributed by atoms with Crippen LogP contribution < -0.4 is 15.1 Å². The maximum atomic E-state index is 12.3. The monoisotopic (exact) mass is 353 g/mol. The molecule has 2 aromatic carbocycles. The summed E-state index contributed by atoms with van der Waals surface area (Å²) in [5.41, 5.74) is 2.67. The van der Waals surface area contributed by atoms with Crippen LogP contribution in [0.25, 0.3) is 0 Å². The fourth-order valence-corrected chi connectivity index (χ4v) is 3.79. The molecule has 1 fully saturated rings. The first-order chi connectivity index (χ1) is 12.7. The normalized spacial score (nSPS) is 21.1. The molecule has 3 rings (SSSR count). The van der Waals surface area contributed by atoms with Crippen LogP contribution in [-0.2, 0) is 17.9 Å². The van der Waals surface area contributed by atoms with Crippen molar-refractivity contribution in [3.8, 4) is 0 Å². The molecular formula is C22H31N3O+2. The SMILES string of the molecule is C[NH+](CC(=O)NC1CC[NH+](Cc2ccccc2)CC1)Cc1ccccc1. The lowest BCUT2D eigenvalue weighted by Crippen LogP contribution is -3.12. The van der Waals surface area contributed by atoms with E-state index in [1.54, 1.807) is 4.90 Å². The van der Waals surface area contributed by atoms with Gasteiger partial charge in [0.05, 0.1) is 20.1 Å². The van der Waals surface area contributed by atoms with E-state index in [1.165, 1.54) is 16.0 Å². The van der Waals surface area contributed by atoms with Crippen molar-refractivity contribution < 1.29 is 14.6 Å².